The standard InChI is InChI=1S/C7H4N2O3S/c8-4-13-7-3-5(9(11)12)1-2-6(7)10/h1-3,10H. The molecule has 0 fully saturated rings. The summed E-state index contributed by atoms with van der Waals surface area (Å²) in [5.41, 5.74) is -0.143. The molecule has 0 saturated heterocycles. The summed E-state index contributed by atoms with van der Waals surface area (Å²) in [5.74, 6) is -0.128. The second-order valence-corrected chi connectivity index (χ2v) is 2.93. The van der Waals surface area contributed by atoms with Gasteiger partial charge in [0.25, 0.3) is 5.69 Å². The molecule has 1 rings (SSSR count). The maximum absolute atomic E-state index is 10.3. The predicted octanol–water partition coefficient (Wildman–Crippen LogP) is 1.87. The molecule has 0 aliphatic carbocycles. The van der Waals surface area contributed by atoms with E-state index in [4.69, 9.17) is 10.4 Å². The van der Waals surface area contributed by atoms with E-state index >= 15 is 0 Å². The zero-order chi connectivity index (χ0) is 9.84. The van der Waals surface area contributed by atoms with Gasteiger partial charge in [-0.1, -0.05) is 0 Å². The number of phenols is 1. The Kier molecular flexibility index (Phi) is 2.72. The van der Waals surface area contributed by atoms with Crippen molar-refractivity contribution in [2.75, 3.05) is 0 Å². The van der Waals surface area contributed by atoms with Crippen LogP contribution in [0.5, 0.6) is 5.75 Å². The number of nitrogens with zero attached hydrogens (tertiary/aromatic N) is 2. The van der Waals surface area contributed by atoms with E-state index in [1.165, 1.54) is 12.1 Å². The zero-order valence-corrected chi connectivity index (χ0v) is 7.11. The molecule has 1 aromatic rings. The van der Waals surface area contributed by atoms with Crippen LogP contribution in [0.3, 0.4) is 0 Å². The number of phenolic OH excluding ortho intramolecular Hbond substituents is 1. The number of hydrogen-bond acceptors (Lipinski definition) is 5. The summed E-state index contributed by atoms with van der Waals surface area (Å²) in [6, 6.07) is 3.53. The van der Waals surface area contributed by atoms with E-state index in [2.05, 4.69) is 0 Å². The van der Waals surface area contributed by atoms with Crippen molar-refractivity contribution in [3.8, 4) is 11.2 Å². The topological polar surface area (TPSA) is 87.2 Å². The second kappa shape index (κ2) is 3.78. The number of aromatic hydroxyl groups is 1. The Morgan fingerprint density at radius 1 is 1.62 bits per heavy atom. The normalized spacial score (nSPS) is 9.15. The summed E-state index contributed by atoms with van der Waals surface area (Å²) in [5, 5.41) is 29.5. The van der Waals surface area contributed by atoms with Crippen molar-refractivity contribution < 1.29 is 10.0 Å². The van der Waals surface area contributed by atoms with E-state index in [9.17, 15) is 10.1 Å². The number of rotatable bonds is 2. The highest BCUT2D eigenvalue weighted by Gasteiger charge is 2.10. The molecule has 0 radical (unpaired) electrons. The van der Waals surface area contributed by atoms with Crippen molar-refractivity contribution in [1.29, 1.82) is 5.26 Å². The van der Waals surface area contributed by atoms with Crippen LogP contribution < -0.4 is 0 Å². The number of nitro groups is 1. The van der Waals surface area contributed by atoms with Crippen molar-refractivity contribution in [2.24, 2.45) is 0 Å². The lowest BCUT2D eigenvalue weighted by Crippen LogP contribution is -1.87. The lowest BCUT2D eigenvalue weighted by molar-refractivity contribution is -0.385. The molecule has 0 aromatic heterocycles. The van der Waals surface area contributed by atoms with Gasteiger partial charge in [-0.25, -0.2) is 0 Å². The minimum atomic E-state index is -0.582. The summed E-state index contributed by atoms with van der Waals surface area (Å²) >= 11 is 0.685. The SMILES string of the molecule is N#CSc1cc([N+](=O)[O-])ccc1O. The van der Waals surface area contributed by atoms with Gasteiger partial charge in [-0.3, -0.25) is 10.1 Å². The molecule has 6 heteroatoms. The van der Waals surface area contributed by atoms with E-state index in [0.717, 1.165) is 6.07 Å². The van der Waals surface area contributed by atoms with Gasteiger partial charge in [-0.2, -0.15) is 5.26 Å². The van der Waals surface area contributed by atoms with Gasteiger partial charge in [0.05, 0.1) is 9.82 Å². The van der Waals surface area contributed by atoms with Crippen LogP contribution in [0.1, 0.15) is 0 Å². The van der Waals surface area contributed by atoms with Gasteiger partial charge >= 0.3 is 0 Å². The Labute approximate surface area is 77.8 Å². The van der Waals surface area contributed by atoms with Crippen LogP contribution in [-0.4, -0.2) is 10.0 Å². The number of hydrogen-bond donors (Lipinski definition) is 1. The highest BCUT2D eigenvalue weighted by molar-refractivity contribution is 8.03. The first-order valence-electron chi connectivity index (χ1n) is 3.18. The molecule has 66 valence electrons. The summed E-state index contributed by atoms with van der Waals surface area (Å²) in [4.78, 5) is 9.91. The van der Waals surface area contributed by atoms with Crippen LogP contribution in [0.4, 0.5) is 5.69 Å². The molecular weight excluding hydrogens is 192 g/mol. The Bertz CT molecular complexity index is 386. The van der Waals surface area contributed by atoms with Gasteiger partial charge in [0, 0.05) is 12.1 Å². The first-order valence-corrected chi connectivity index (χ1v) is 4.00. The fourth-order valence-electron chi connectivity index (χ4n) is 0.747. The molecular formula is C7H4N2O3S. The Morgan fingerprint density at radius 3 is 2.85 bits per heavy atom. The zero-order valence-electron chi connectivity index (χ0n) is 6.30. The maximum Gasteiger partial charge on any atom is 0.270 e. The first-order chi connectivity index (χ1) is 6.15. The average molecular weight is 196 g/mol. The molecule has 1 aromatic carbocycles. The average Bonchev–Trinajstić information content (AvgIpc) is 2.08. The number of thiocyanates is 1. The minimum absolute atomic E-state index is 0.128. The van der Waals surface area contributed by atoms with Gasteiger partial charge in [0.15, 0.2) is 0 Å². The monoisotopic (exact) mass is 196 g/mol. The van der Waals surface area contributed by atoms with Crippen LogP contribution in [0, 0.1) is 20.8 Å². The van der Waals surface area contributed by atoms with Crippen molar-refractivity contribution >= 4 is 17.4 Å². The van der Waals surface area contributed by atoms with Crippen LogP contribution in [0.2, 0.25) is 0 Å². The fourth-order valence-corrected chi connectivity index (χ4v) is 1.20. The predicted molar refractivity (Wildman–Crippen MR) is 46.2 cm³/mol. The third-order valence-electron chi connectivity index (χ3n) is 1.31. The van der Waals surface area contributed by atoms with Crippen molar-refractivity contribution in [2.45, 2.75) is 4.90 Å². The molecule has 13 heavy (non-hydrogen) atoms. The largest absolute Gasteiger partial charge is 0.507 e. The van der Waals surface area contributed by atoms with Crippen molar-refractivity contribution in [3.63, 3.8) is 0 Å². The highest BCUT2D eigenvalue weighted by Crippen LogP contribution is 2.30. The van der Waals surface area contributed by atoms with Gasteiger partial charge < -0.3 is 5.11 Å². The summed E-state index contributed by atoms with van der Waals surface area (Å²) in [6.45, 7) is 0. The molecule has 0 amide bonds. The third kappa shape index (κ3) is 2.10. The van der Waals surface area contributed by atoms with E-state index in [1.807, 2.05) is 0 Å². The minimum Gasteiger partial charge on any atom is -0.507 e. The second-order valence-electron chi connectivity index (χ2n) is 2.10. The maximum atomic E-state index is 10.3. The quantitative estimate of drug-likeness (QED) is 0.337. The number of benzene rings is 1. The van der Waals surface area contributed by atoms with Gasteiger partial charge in [-0.05, 0) is 17.8 Å². The molecule has 0 saturated carbocycles. The molecule has 0 heterocycles. The van der Waals surface area contributed by atoms with Gasteiger partial charge in [-0.15, -0.1) is 0 Å². The van der Waals surface area contributed by atoms with Crippen LogP contribution in [0.25, 0.3) is 0 Å². The van der Waals surface area contributed by atoms with Crippen LogP contribution in [0.15, 0.2) is 23.1 Å². The van der Waals surface area contributed by atoms with E-state index in [-0.39, 0.29) is 16.3 Å². The lowest BCUT2D eigenvalue weighted by atomic mass is 10.3. The summed E-state index contributed by atoms with van der Waals surface area (Å²) < 4.78 is 0. The van der Waals surface area contributed by atoms with Crippen molar-refractivity contribution in [1.82, 2.24) is 0 Å². The molecule has 0 spiro atoms. The van der Waals surface area contributed by atoms with Gasteiger partial charge in [0.2, 0.25) is 0 Å². The molecule has 0 atom stereocenters. The Morgan fingerprint density at radius 2 is 2.31 bits per heavy atom. The third-order valence-corrected chi connectivity index (χ3v) is 1.95. The number of nitro benzene ring substituents is 1. The van der Waals surface area contributed by atoms with Crippen LogP contribution >= 0.6 is 11.8 Å². The molecule has 1 N–H and O–H groups in total. The lowest BCUT2D eigenvalue weighted by Gasteiger charge is -1.97. The molecule has 5 nitrogen and oxygen atoms in total. The Hall–Kier alpha value is -1.74. The van der Waals surface area contributed by atoms with Gasteiger partial charge in [0.1, 0.15) is 11.2 Å². The first kappa shape index (κ1) is 9.35. The number of nitriles is 1. The molecule has 0 bridgehead atoms. The highest BCUT2D eigenvalue weighted by atomic mass is 32.2. The number of thioether (sulfide) groups is 1. The van der Waals surface area contributed by atoms with Crippen molar-refractivity contribution in [3.05, 3.63) is 28.3 Å². The summed E-state index contributed by atoms with van der Waals surface area (Å²) in [6.07, 6.45) is 0. The molecule has 0 aliphatic heterocycles. The number of non-ortho nitro benzene ring substituents is 1. The molecule has 0 aliphatic rings. The van der Waals surface area contributed by atoms with Crippen LogP contribution in [-0.2, 0) is 0 Å². The van der Waals surface area contributed by atoms with E-state index in [1.54, 1.807) is 5.40 Å². The molecule has 0 unspecified atom stereocenters. The summed E-state index contributed by atoms with van der Waals surface area (Å²) in [7, 11) is 0. The van der Waals surface area contributed by atoms with E-state index < -0.39 is 4.92 Å². The van der Waals surface area contributed by atoms with E-state index in [0.29, 0.717) is 11.8 Å². The Balaban J connectivity index is 3.12. The smallest absolute Gasteiger partial charge is 0.270 e. The fraction of sp³-hybridized carbons (Fsp3) is 0.